The third kappa shape index (κ3) is 4.32. The number of nitrogens with zero attached hydrogens (tertiary/aromatic N) is 2. The first-order valence-corrected chi connectivity index (χ1v) is 9.49. The maximum atomic E-state index is 13.7. The van der Waals surface area contributed by atoms with Crippen molar-refractivity contribution in [3.8, 4) is 5.75 Å². The fourth-order valence-corrected chi connectivity index (χ4v) is 3.53. The van der Waals surface area contributed by atoms with E-state index in [1.807, 2.05) is 42.2 Å². The summed E-state index contributed by atoms with van der Waals surface area (Å²) in [6.45, 7) is 3.35. The molecule has 1 atom stereocenters. The van der Waals surface area contributed by atoms with Crippen LogP contribution in [0.5, 0.6) is 5.75 Å². The van der Waals surface area contributed by atoms with Crippen molar-refractivity contribution in [2.75, 3.05) is 20.2 Å². The number of hydrogen-bond acceptors (Lipinski definition) is 3. The molecule has 0 saturated carbocycles. The van der Waals surface area contributed by atoms with Crippen molar-refractivity contribution in [3.63, 3.8) is 0 Å². The van der Waals surface area contributed by atoms with Gasteiger partial charge in [-0.05, 0) is 30.2 Å². The third-order valence-electron chi connectivity index (χ3n) is 5.14. The van der Waals surface area contributed by atoms with Crippen LogP contribution >= 0.6 is 0 Å². The number of rotatable bonds is 5. The van der Waals surface area contributed by atoms with E-state index in [2.05, 4.69) is 0 Å². The summed E-state index contributed by atoms with van der Waals surface area (Å²) < 4.78 is 18.6. The molecular weight excluding hydrogens is 359 g/mol. The van der Waals surface area contributed by atoms with Crippen LogP contribution in [-0.2, 0) is 11.3 Å². The molecule has 1 aliphatic rings. The fourth-order valence-electron chi connectivity index (χ4n) is 3.53. The second kappa shape index (κ2) is 8.87. The van der Waals surface area contributed by atoms with Gasteiger partial charge in [-0.2, -0.15) is 0 Å². The summed E-state index contributed by atoms with van der Waals surface area (Å²) in [6.07, 6.45) is 1.02. The summed E-state index contributed by atoms with van der Waals surface area (Å²) in [5, 5.41) is 0. The summed E-state index contributed by atoms with van der Waals surface area (Å²) in [6, 6.07) is 13.9. The van der Waals surface area contributed by atoms with Gasteiger partial charge in [0.15, 0.2) is 11.6 Å². The summed E-state index contributed by atoms with van der Waals surface area (Å²) in [7, 11) is 1.37. The first kappa shape index (κ1) is 19.9. The Hall–Kier alpha value is -2.89. The number of carbonyl (C=O) groups excluding carboxylic acids is 2. The highest BCUT2D eigenvalue weighted by Gasteiger charge is 2.31. The van der Waals surface area contributed by atoms with Gasteiger partial charge in [-0.1, -0.05) is 37.3 Å². The van der Waals surface area contributed by atoms with Crippen LogP contribution in [-0.4, -0.2) is 47.9 Å². The minimum Gasteiger partial charge on any atom is -0.494 e. The second-order valence-electron chi connectivity index (χ2n) is 6.92. The quantitative estimate of drug-likeness (QED) is 0.793. The van der Waals surface area contributed by atoms with E-state index in [9.17, 15) is 14.0 Å². The second-order valence-corrected chi connectivity index (χ2v) is 6.92. The molecule has 28 heavy (non-hydrogen) atoms. The Morgan fingerprint density at radius 1 is 1.21 bits per heavy atom. The van der Waals surface area contributed by atoms with Crippen LogP contribution in [0.2, 0.25) is 0 Å². The van der Waals surface area contributed by atoms with Gasteiger partial charge in [-0.15, -0.1) is 0 Å². The molecule has 2 amide bonds. The van der Waals surface area contributed by atoms with Gasteiger partial charge in [0.1, 0.15) is 0 Å². The maximum absolute atomic E-state index is 13.7. The predicted octanol–water partition coefficient (Wildman–Crippen LogP) is 3.49. The zero-order valence-electron chi connectivity index (χ0n) is 16.2. The molecule has 1 saturated heterocycles. The molecule has 0 aliphatic carbocycles. The summed E-state index contributed by atoms with van der Waals surface area (Å²) in [5.41, 5.74) is 1.43. The lowest BCUT2D eigenvalue weighted by atomic mass is 10.1. The molecule has 0 radical (unpaired) electrons. The van der Waals surface area contributed by atoms with Crippen LogP contribution in [0, 0.1) is 5.82 Å². The van der Waals surface area contributed by atoms with Crippen LogP contribution in [0.3, 0.4) is 0 Å². The lowest BCUT2D eigenvalue weighted by Crippen LogP contribution is -2.43. The van der Waals surface area contributed by atoms with E-state index in [0.717, 1.165) is 12.0 Å². The Balaban J connectivity index is 1.79. The van der Waals surface area contributed by atoms with Crippen LogP contribution in [0.15, 0.2) is 48.5 Å². The minimum absolute atomic E-state index is 0.0366. The summed E-state index contributed by atoms with van der Waals surface area (Å²) >= 11 is 0. The number of carbonyl (C=O) groups is 2. The van der Waals surface area contributed by atoms with Gasteiger partial charge in [-0.25, -0.2) is 4.39 Å². The molecule has 0 bridgehead atoms. The molecule has 0 aromatic heterocycles. The molecule has 1 heterocycles. The van der Waals surface area contributed by atoms with E-state index in [4.69, 9.17) is 4.74 Å². The lowest BCUT2D eigenvalue weighted by molar-refractivity contribution is -0.133. The Kier molecular flexibility index (Phi) is 6.29. The Labute approximate surface area is 164 Å². The average molecular weight is 384 g/mol. The molecule has 2 aromatic carbocycles. The molecule has 0 N–H and O–H groups in total. The van der Waals surface area contributed by atoms with Crippen molar-refractivity contribution in [1.82, 2.24) is 9.80 Å². The van der Waals surface area contributed by atoms with Crippen molar-refractivity contribution in [2.24, 2.45) is 0 Å². The standard InChI is InChI=1S/C22H25FN2O3/c1-3-18-15-24(22(27)17-9-10-19(23)20(13-17)28-2)12-11-21(26)25(18)14-16-7-5-4-6-8-16/h4-10,13,18H,3,11-12,14-15H2,1-2H3. The highest BCUT2D eigenvalue weighted by molar-refractivity contribution is 5.95. The highest BCUT2D eigenvalue weighted by atomic mass is 19.1. The van der Waals surface area contributed by atoms with Gasteiger partial charge in [0.2, 0.25) is 5.91 Å². The monoisotopic (exact) mass is 384 g/mol. The van der Waals surface area contributed by atoms with Gasteiger partial charge in [0.05, 0.1) is 7.11 Å². The largest absolute Gasteiger partial charge is 0.494 e. The topological polar surface area (TPSA) is 49.9 Å². The van der Waals surface area contributed by atoms with Gasteiger partial charge < -0.3 is 14.5 Å². The predicted molar refractivity (Wildman–Crippen MR) is 105 cm³/mol. The molecule has 1 unspecified atom stereocenters. The highest BCUT2D eigenvalue weighted by Crippen LogP contribution is 2.22. The number of halogens is 1. The summed E-state index contributed by atoms with van der Waals surface area (Å²) in [5.74, 6) is -0.645. The molecular formula is C22H25FN2O3. The van der Waals surface area contributed by atoms with Crippen LogP contribution in [0.1, 0.15) is 35.7 Å². The SMILES string of the molecule is CCC1CN(C(=O)c2ccc(F)c(OC)c2)CCC(=O)N1Cc1ccccc1. The van der Waals surface area contributed by atoms with Crippen molar-refractivity contribution in [1.29, 1.82) is 0 Å². The van der Waals surface area contributed by atoms with Crippen LogP contribution < -0.4 is 4.74 Å². The molecule has 2 aromatic rings. The van der Waals surface area contributed by atoms with Gasteiger partial charge >= 0.3 is 0 Å². The van der Waals surface area contributed by atoms with Crippen molar-refractivity contribution >= 4 is 11.8 Å². The van der Waals surface area contributed by atoms with E-state index in [1.165, 1.54) is 25.3 Å². The van der Waals surface area contributed by atoms with E-state index in [1.54, 1.807) is 4.90 Å². The van der Waals surface area contributed by atoms with Crippen LogP contribution in [0.25, 0.3) is 0 Å². The molecule has 1 fully saturated rings. The number of methoxy groups -OCH3 is 1. The molecule has 3 rings (SSSR count). The van der Waals surface area contributed by atoms with Crippen molar-refractivity contribution in [2.45, 2.75) is 32.4 Å². The molecule has 5 nitrogen and oxygen atoms in total. The van der Waals surface area contributed by atoms with Crippen LogP contribution in [0.4, 0.5) is 4.39 Å². The zero-order valence-corrected chi connectivity index (χ0v) is 16.2. The van der Waals surface area contributed by atoms with Gasteiger partial charge in [0.25, 0.3) is 5.91 Å². The minimum atomic E-state index is -0.509. The van der Waals surface area contributed by atoms with Gasteiger partial charge in [-0.3, -0.25) is 9.59 Å². The maximum Gasteiger partial charge on any atom is 0.254 e. The Bertz CT molecular complexity index is 841. The van der Waals surface area contributed by atoms with E-state index in [0.29, 0.717) is 25.2 Å². The first-order chi connectivity index (χ1) is 13.5. The number of amides is 2. The van der Waals surface area contributed by atoms with E-state index < -0.39 is 5.82 Å². The number of benzene rings is 2. The summed E-state index contributed by atoms with van der Waals surface area (Å²) in [4.78, 5) is 29.3. The lowest BCUT2D eigenvalue weighted by Gasteiger charge is -2.31. The normalized spacial score (nSPS) is 17.4. The zero-order chi connectivity index (χ0) is 20.1. The smallest absolute Gasteiger partial charge is 0.254 e. The fraction of sp³-hybridized carbons (Fsp3) is 0.364. The third-order valence-corrected chi connectivity index (χ3v) is 5.14. The Morgan fingerprint density at radius 3 is 2.64 bits per heavy atom. The van der Waals surface area contributed by atoms with E-state index >= 15 is 0 Å². The molecule has 0 spiro atoms. The number of hydrogen-bond donors (Lipinski definition) is 0. The van der Waals surface area contributed by atoms with Crippen molar-refractivity contribution < 1.29 is 18.7 Å². The van der Waals surface area contributed by atoms with E-state index in [-0.39, 0.29) is 30.0 Å². The Morgan fingerprint density at radius 2 is 1.96 bits per heavy atom. The van der Waals surface area contributed by atoms with Crippen molar-refractivity contribution in [3.05, 3.63) is 65.5 Å². The first-order valence-electron chi connectivity index (χ1n) is 9.49. The molecule has 148 valence electrons. The number of ether oxygens (including phenoxy) is 1. The van der Waals surface area contributed by atoms with Gasteiger partial charge in [0, 0.05) is 37.7 Å². The molecule has 6 heteroatoms. The molecule has 1 aliphatic heterocycles. The average Bonchev–Trinajstić information content (AvgIpc) is 2.88.